The molecule has 2 heterocycles. The highest BCUT2D eigenvalue weighted by atomic mass is 32.2. The first-order valence-corrected chi connectivity index (χ1v) is 9.77. The van der Waals surface area contributed by atoms with E-state index in [4.69, 9.17) is 4.74 Å². The average molecular weight is 418 g/mol. The van der Waals surface area contributed by atoms with Gasteiger partial charge in [0.15, 0.2) is 5.16 Å². The Hall–Kier alpha value is -2.28. The lowest BCUT2D eigenvalue weighted by Gasteiger charge is -2.21. The predicted octanol–water partition coefficient (Wildman–Crippen LogP) is 1.22. The predicted molar refractivity (Wildman–Crippen MR) is 102 cm³/mol. The Morgan fingerprint density at radius 1 is 1.25 bits per heavy atom. The minimum atomic E-state index is -2.61. The number of hydrogen-bond donors (Lipinski definition) is 2. The molecule has 0 aliphatic rings. The van der Waals surface area contributed by atoms with E-state index in [1.807, 2.05) is 13.8 Å². The summed E-state index contributed by atoms with van der Waals surface area (Å²) >= 11 is 1.08. The molecule has 13 heteroatoms. The van der Waals surface area contributed by atoms with Crippen LogP contribution in [0.25, 0.3) is 5.78 Å². The average Bonchev–Trinajstić information content (AvgIpc) is 3.06. The molecule has 2 aromatic heterocycles. The van der Waals surface area contributed by atoms with Gasteiger partial charge < -0.3 is 20.3 Å². The number of methoxy groups -OCH3 is 1. The van der Waals surface area contributed by atoms with Crippen molar-refractivity contribution in [1.82, 2.24) is 29.5 Å². The van der Waals surface area contributed by atoms with E-state index < -0.39 is 18.9 Å². The van der Waals surface area contributed by atoms with E-state index in [2.05, 4.69) is 30.8 Å². The Bertz CT molecular complexity index is 776. The summed E-state index contributed by atoms with van der Waals surface area (Å²) in [5, 5.41) is 14.6. The topological polar surface area (TPSA) is 110 Å². The Kier molecular flexibility index (Phi) is 8.57. The van der Waals surface area contributed by atoms with Crippen molar-refractivity contribution in [2.24, 2.45) is 0 Å². The first-order valence-electron chi connectivity index (χ1n) is 8.78. The molecular formula is C15H24F2N8O2S. The van der Waals surface area contributed by atoms with Crippen LogP contribution in [0.1, 0.15) is 13.8 Å². The van der Waals surface area contributed by atoms with Crippen LogP contribution in [-0.4, -0.2) is 87.4 Å². The van der Waals surface area contributed by atoms with E-state index in [0.717, 1.165) is 16.7 Å². The SMILES string of the molecule is CCNc1nc(NCC)n2c(SCC(=O)N(CCOC)CC(F)F)nnc2n1. The highest BCUT2D eigenvalue weighted by molar-refractivity contribution is 7.99. The van der Waals surface area contributed by atoms with Gasteiger partial charge in [0.25, 0.3) is 12.2 Å². The van der Waals surface area contributed by atoms with E-state index in [1.54, 1.807) is 4.40 Å². The molecule has 0 spiro atoms. The van der Waals surface area contributed by atoms with E-state index in [-0.39, 0.29) is 18.9 Å². The number of nitrogens with zero attached hydrogens (tertiary/aromatic N) is 6. The highest BCUT2D eigenvalue weighted by Gasteiger charge is 2.20. The molecule has 2 N–H and O–H groups in total. The van der Waals surface area contributed by atoms with Gasteiger partial charge in [-0.05, 0) is 13.8 Å². The van der Waals surface area contributed by atoms with Gasteiger partial charge in [0.05, 0.1) is 18.9 Å². The van der Waals surface area contributed by atoms with Crippen molar-refractivity contribution in [3.05, 3.63) is 0 Å². The van der Waals surface area contributed by atoms with Crippen molar-refractivity contribution in [2.75, 3.05) is 56.3 Å². The van der Waals surface area contributed by atoms with Gasteiger partial charge in [0.1, 0.15) is 0 Å². The third kappa shape index (κ3) is 5.86. The molecule has 2 aromatic rings. The van der Waals surface area contributed by atoms with Gasteiger partial charge in [-0.2, -0.15) is 9.97 Å². The molecular weight excluding hydrogens is 394 g/mol. The van der Waals surface area contributed by atoms with E-state index in [1.165, 1.54) is 7.11 Å². The number of fused-ring (bicyclic) bond motifs is 1. The second-order valence-electron chi connectivity index (χ2n) is 5.56. The summed E-state index contributed by atoms with van der Waals surface area (Å²) in [6.07, 6.45) is -2.61. The largest absolute Gasteiger partial charge is 0.383 e. The van der Waals surface area contributed by atoms with E-state index in [0.29, 0.717) is 35.9 Å². The number of alkyl halides is 2. The quantitative estimate of drug-likeness (QED) is 0.492. The normalized spacial score (nSPS) is 11.2. The van der Waals surface area contributed by atoms with Gasteiger partial charge in [-0.3, -0.25) is 4.79 Å². The van der Waals surface area contributed by atoms with Gasteiger partial charge in [0, 0.05) is 26.7 Å². The van der Waals surface area contributed by atoms with Crippen LogP contribution in [0.15, 0.2) is 5.16 Å². The smallest absolute Gasteiger partial charge is 0.261 e. The second kappa shape index (κ2) is 10.9. The molecule has 28 heavy (non-hydrogen) atoms. The van der Waals surface area contributed by atoms with E-state index >= 15 is 0 Å². The summed E-state index contributed by atoms with van der Waals surface area (Å²) in [4.78, 5) is 22.1. The van der Waals surface area contributed by atoms with Crippen LogP contribution in [0, 0.1) is 0 Å². The van der Waals surface area contributed by atoms with Crippen LogP contribution in [-0.2, 0) is 9.53 Å². The molecule has 156 valence electrons. The lowest BCUT2D eigenvalue weighted by Crippen LogP contribution is -2.38. The molecule has 0 unspecified atom stereocenters. The Labute approximate surface area is 165 Å². The van der Waals surface area contributed by atoms with Crippen LogP contribution in [0.4, 0.5) is 20.7 Å². The summed E-state index contributed by atoms with van der Waals surface area (Å²) < 4.78 is 31.9. The van der Waals surface area contributed by atoms with Crippen LogP contribution in [0.5, 0.6) is 0 Å². The maximum Gasteiger partial charge on any atom is 0.261 e. The maximum absolute atomic E-state index is 12.7. The molecule has 0 saturated carbocycles. The lowest BCUT2D eigenvalue weighted by atomic mass is 10.4. The van der Waals surface area contributed by atoms with Crippen molar-refractivity contribution >= 4 is 35.3 Å². The molecule has 0 fully saturated rings. The van der Waals surface area contributed by atoms with Crippen LogP contribution in [0.3, 0.4) is 0 Å². The van der Waals surface area contributed by atoms with Crippen molar-refractivity contribution in [2.45, 2.75) is 25.4 Å². The second-order valence-corrected chi connectivity index (χ2v) is 6.50. The molecule has 10 nitrogen and oxygen atoms in total. The lowest BCUT2D eigenvalue weighted by molar-refractivity contribution is -0.131. The summed E-state index contributed by atoms with van der Waals surface area (Å²) in [6, 6.07) is 0. The van der Waals surface area contributed by atoms with Crippen LogP contribution in [0.2, 0.25) is 0 Å². The first kappa shape index (κ1) is 22.0. The number of anilines is 2. The number of amides is 1. The fraction of sp³-hybridized carbons (Fsp3) is 0.667. The third-order valence-corrected chi connectivity index (χ3v) is 4.43. The number of halogens is 2. The minimum Gasteiger partial charge on any atom is -0.383 e. The first-order chi connectivity index (χ1) is 13.5. The van der Waals surface area contributed by atoms with Crippen LogP contribution >= 0.6 is 11.8 Å². The third-order valence-electron chi connectivity index (χ3n) is 3.52. The summed E-state index contributed by atoms with van der Waals surface area (Å²) in [6.45, 7) is 4.74. The molecule has 0 radical (unpaired) electrons. The number of ether oxygens (including phenoxy) is 1. The number of aromatic nitrogens is 5. The Balaban J connectivity index is 2.17. The molecule has 0 atom stereocenters. The molecule has 0 saturated heterocycles. The zero-order chi connectivity index (χ0) is 20.5. The molecule has 0 aliphatic carbocycles. The van der Waals surface area contributed by atoms with Crippen molar-refractivity contribution in [3.63, 3.8) is 0 Å². The number of carbonyl (C=O) groups excluding carboxylic acids is 1. The molecule has 0 bridgehead atoms. The van der Waals surface area contributed by atoms with E-state index in [9.17, 15) is 13.6 Å². The standard InChI is InChI=1S/C15H24F2N8O2S/c1-4-18-12-20-13(19-5-2)25-14(21-12)22-23-15(25)28-9-11(26)24(6-7-27-3)8-10(16)17/h10H,4-9H2,1-3H3,(H2,18,19,20,21,22). The van der Waals surface area contributed by atoms with Crippen molar-refractivity contribution < 1.29 is 18.3 Å². The molecule has 0 aliphatic heterocycles. The number of thioether (sulfide) groups is 1. The Morgan fingerprint density at radius 3 is 2.64 bits per heavy atom. The summed E-state index contributed by atoms with van der Waals surface area (Å²) in [5.74, 6) is 0.702. The fourth-order valence-corrected chi connectivity index (χ4v) is 3.13. The van der Waals surface area contributed by atoms with Gasteiger partial charge in [-0.25, -0.2) is 13.2 Å². The maximum atomic E-state index is 12.7. The fourth-order valence-electron chi connectivity index (χ4n) is 2.30. The molecule has 2 rings (SSSR count). The van der Waals surface area contributed by atoms with Gasteiger partial charge in [-0.15, -0.1) is 10.2 Å². The zero-order valence-corrected chi connectivity index (χ0v) is 16.8. The molecule has 1 amide bonds. The summed E-state index contributed by atoms with van der Waals surface area (Å²) in [5.41, 5.74) is 0. The number of nitrogens with one attached hydrogen (secondary N) is 2. The monoisotopic (exact) mass is 418 g/mol. The Morgan fingerprint density at radius 2 is 2.00 bits per heavy atom. The number of hydrogen-bond acceptors (Lipinski definition) is 9. The number of rotatable bonds is 12. The highest BCUT2D eigenvalue weighted by Crippen LogP contribution is 2.21. The zero-order valence-electron chi connectivity index (χ0n) is 16.0. The minimum absolute atomic E-state index is 0.0717. The van der Waals surface area contributed by atoms with Gasteiger partial charge in [0.2, 0.25) is 17.8 Å². The summed E-state index contributed by atoms with van der Waals surface area (Å²) in [7, 11) is 1.45. The van der Waals surface area contributed by atoms with Gasteiger partial charge in [-0.1, -0.05) is 11.8 Å². The van der Waals surface area contributed by atoms with Gasteiger partial charge >= 0.3 is 0 Å². The van der Waals surface area contributed by atoms with Crippen molar-refractivity contribution in [1.29, 1.82) is 0 Å². The number of carbonyl (C=O) groups is 1. The molecule has 0 aromatic carbocycles. The van der Waals surface area contributed by atoms with Crippen molar-refractivity contribution in [3.8, 4) is 0 Å². The van der Waals surface area contributed by atoms with Crippen LogP contribution < -0.4 is 10.6 Å².